The van der Waals surface area contributed by atoms with Gasteiger partial charge in [-0.25, -0.2) is 4.79 Å². The van der Waals surface area contributed by atoms with Gasteiger partial charge in [-0.1, -0.05) is 0 Å². The van der Waals surface area contributed by atoms with Crippen LogP contribution in [0, 0.1) is 0 Å². The Hall–Kier alpha value is -1.52. The smallest absolute Gasteiger partial charge is 0.410 e. The largest absolute Gasteiger partial charge is 0.444 e. The van der Waals surface area contributed by atoms with Crippen LogP contribution in [-0.2, 0) is 4.74 Å². The molecular formula is C10H14N3O2. The average molecular weight is 208 g/mol. The predicted molar refractivity (Wildman–Crippen MR) is 55.5 cm³/mol. The molecule has 1 fully saturated rings. The van der Waals surface area contributed by atoms with Crippen molar-refractivity contribution in [3.63, 3.8) is 0 Å². The van der Waals surface area contributed by atoms with Crippen LogP contribution in [0.2, 0.25) is 0 Å². The van der Waals surface area contributed by atoms with Crippen molar-refractivity contribution in [2.24, 2.45) is 5.10 Å². The molecule has 1 amide bonds. The van der Waals surface area contributed by atoms with Gasteiger partial charge in [0.15, 0.2) is 0 Å². The lowest BCUT2D eigenvalue weighted by Gasteiger charge is -2.23. The maximum atomic E-state index is 11.7. The molecule has 0 aromatic carbocycles. The molecule has 5 nitrogen and oxygen atoms in total. The van der Waals surface area contributed by atoms with Crippen LogP contribution >= 0.6 is 0 Å². The number of rotatable bonds is 0. The molecule has 0 atom stereocenters. The molecule has 0 spiro atoms. The van der Waals surface area contributed by atoms with Gasteiger partial charge in [0.1, 0.15) is 5.60 Å². The summed E-state index contributed by atoms with van der Waals surface area (Å²) in [4.78, 5) is 13.3. The standard InChI is InChI=1S/C10H14N3O2/c1-10(2,3)15-9(14)13-5-7-4-11-12-8(7)6-13/h4H,5-6H2,1-3H3. The topological polar surface area (TPSA) is 56.0 Å². The third-order valence-electron chi connectivity index (χ3n) is 2.12. The van der Waals surface area contributed by atoms with Gasteiger partial charge < -0.3 is 4.74 Å². The van der Waals surface area contributed by atoms with Gasteiger partial charge in [0, 0.05) is 5.57 Å². The Morgan fingerprint density at radius 3 is 2.80 bits per heavy atom. The highest BCUT2D eigenvalue weighted by atomic mass is 16.6. The molecule has 0 aromatic rings. The maximum Gasteiger partial charge on any atom is 0.410 e. The van der Waals surface area contributed by atoms with E-state index in [9.17, 15) is 4.79 Å². The van der Waals surface area contributed by atoms with Crippen LogP contribution in [0.25, 0.3) is 0 Å². The number of nitrogens with zero attached hydrogens (tertiary/aromatic N) is 3. The molecule has 0 aromatic heterocycles. The van der Waals surface area contributed by atoms with Crippen molar-refractivity contribution in [2.45, 2.75) is 26.4 Å². The van der Waals surface area contributed by atoms with Gasteiger partial charge in [-0.2, -0.15) is 10.5 Å². The van der Waals surface area contributed by atoms with E-state index < -0.39 is 5.60 Å². The van der Waals surface area contributed by atoms with Crippen molar-refractivity contribution >= 4 is 11.8 Å². The zero-order chi connectivity index (χ0) is 11.1. The SMILES string of the molecule is CC(C)(C)OC(=O)N1CC2=C[N]N=C2C1. The zero-order valence-corrected chi connectivity index (χ0v) is 9.15. The number of carbonyl (C=O) groups is 1. The number of carbonyl (C=O) groups excluding carboxylic acids is 1. The highest BCUT2D eigenvalue weighted by Gasteiger charge is 2.32. The number of fused-ring (bicyclic) bond motifs is 1. The molecule has 1 saturated heterocycles. The summed E-state index contributed by atoms with van der Waals surface area (Å²) in [6, 6.07) is 0. The van der Waals surface area contributed by atoms with E-state index in [0.29, 0.717) is 13.1 Å². The minimum absolute atomic E-state index is 0.291. The van der Waals surface area contributed by atoms with E-state index in [4.69, 9.17) is 4.74 Å². The monoisotopic (exact) mass is 208 g/mol. The molecular weight excluding hydrogens is 194 g/mol. The van der Waals surface area contributed by atoms with E-state index in [1.807, 2.05) is 20.8 Å². The zero-order valence-electron chi connectivity index (χ0n) is 9.15. The molecule has 5 heteroatoms. The van der Waals surface area contributed by atoms with Gasteiger partial charge in [-0.15, -0.1) is 0 Å². The fourth-order valence-corrected chi connectivity index (χ4v) is 1.47. The lowest BCUT2D eigenvalue weighted by molar-refractivity contribution is 0.0309. The van der Waals surface area contributed by atoms with E-state index in [-0.39, 0.29) is 6.09 Å². The van der Waals surface area contributed by atoms with Crippen LogP contribution in [0.1, 0.15) is 20.8 Å². The lowest BCUT2D eigenvalue weighted by atomic mass is 10.2. The van der Waals surface area contributed by atoms with Crippen molar-refractivity contribution in [3.05, 3.63) is 11.8 Å². The van der Waals surface area contributed by atoms with Gasteiger partial charge in [0.25, 0.3) is 0 Å². The summed E-state index contributed by atoms with van der Waals surface area (Å²) in [6.45, 7) is 6.62. The van der Waals surface area contributed by atoms with Gasteiger partial charge >= 0.3 is 6.09 Å². The van der Waals surface area contributed by atoms with Crippen LogP contribution in [-0.4, -0.2) is 35.4 Å². The second-order valence-corrected chi connectivity index (χ2v) is 4.65. The number of likely N-dealkylation sites (tertiary alicyclic amines) is 1. The number of hydrogen-bond donors (Lipinski definition) is 0. The third-order valence-corrected chi connectivity index (χ3v) is 2.12. The molecule has 0 unspecified atom stereocenters. The summed E-state index contributed by atoms with van der Waals surface area (Å²) in [5, 5.41) is 3.93. The van der Waals surface area contributed by atoms with Gasteiger partial charge in [0.2, 0.25) is 0 Å². The van der Waals surface area contributed by atoms with E-state index in [1.165, 1.54) is 0 Å². The molecule has 1 radical (unpaired) electrons. The van der Waals surface area contributed by atoms with E-state index in [1.54, 1.807) is 11.1 Å². The van der Waals surface area contributed by atoms with Crippen LogP contribution in [0.5, 0.6) is 0 Å². The fraction of sp³-hybridized carbons (Fsp3) is 0.600. The first-order valence-corrected chi connectivity index (χ1v) is 4.90. The minimum atomic E-state index is -0.449. The van der Waals surface area contributed by atoms with E-state index in [2.05, 4.69) is 10.5 Å². The molecule has 2 rings (SSSR count). The first-order chi connectivity index (χ1) is 6.96. The van der Waals surface area contributed by atoms with E-state index >= 15 is 0 Å². The number of amides is 1. The third kappa shape index (κ3) is 2.11. The highest BCUT2D eigenvalue weighted by molar-refractivity contribution is 6.06. The second-order valence-electron chi connectivity index (χ2n) is 4.65. The fourth-order valence-electron chi connectivity index (χ4n) is 1.47. The molecule has 2 heterocycles. The van der Waals surface area contributed by atoms with Crippen molar-refractivity contribution in [3.8, 4) is 0 Å². The van der Waals surface area contributed by atoms with Crippen LogP contribution < -0.4 is 5.43 Å². The Kier molecular flexibility index (Phi) is 2.17. The molecule has 0 bridgehead atoms. The van der Waals surface area contributed by atoms with Crippen molar-refractivity contribution in [1.82, 2.24) is 10.3 Å². The maximum absolute atomic E-state index is 11.7. The molecule has 2 aliphatic rings. The highest BCUT2D eigenvalue weighted by Crippen LogP contribution is 2.19. The summed E-state index contributed by atoms with van der Waals surface area (Å²) in [7, 11) is 0. The number of ether oxygens (including phenoxy) is 1. The Bertz CT molecular complexity index is 332. The Morgan fingerprint density at radius 1 is 1.47 bits per heavy atom. The summed E-state index contributed by atoms with van der Waals surface area (Å²) in [5.74, 6) is 0. The van der Waals surface area contributed by atoms with Crippen molar-refractivity contribution < 1.29 is 9.53 Å². The summed E-state index contributed by atoms with van der Waals surface area (Å²) < 4.78 is 5.26. The van der Waals surface area contributed by atoms with Crippen molar-refractivity contribution in [1.29, 1.82) is 0 Å². The molecule has 0 aliphatic carbocycles. The van der Waals surface area contributed by atoms with Crippen LogP contribution in [0.3, 0.4) is 0 Å². The normalized spacial score (nSPS) is 19.3. The Labute approximate surface area is 88.8 Å². The molecule has 2 aliphatic heterocycles. The van der Waals surface area contributed by atoms with Gasteiger partial charge in [0.05, 0.1) is 25.0 Å². The molecule has 15 heavy (non-hydrogen) atoms. The lowest BCUT2D eigenvalue weighted by Crippen LogP contribution is -2.35. The molecule has 0 N–H and O–H groups in total. The number of hydrogen-bond acceptors (Lipinski definition) is 3. The second kappa shape index (κ2) is 3.25. The quantitative estimate of drug-likeness (QED) is 0.598. The van der Waals surface area contributed by atoms with Crippen molar-refractivity contribution in [2.75, 3.05) is 13.1 Å². The minimum Gasteiger partial charge on any atom is -0.444 e. The van der Waals surface area contributed by atoms with Gasteiger partial charge in [-0.05, 0) is 20.8 Å². The Balaban J connectivity index is 1.97. The average Bonchev–Trinajstić information content (AvgIpc) is 2.56. The van der Waals surface area contributed by atoms with Gasteiger partial charge in [-0.3, -0.25) is 4.90 Å². The van der Waals surface area contributed by atoms with Crippen LogP contribution in [0.4, 0.5) is 4.79 Å². The first kappa shape index (κ1) is 10.0. The van der Waals surface area contributed by atoms with E-state index in [0.717, 1.165) is 11.3 Å². The van der Waals surface area contributed by atoms with Crippen LogP contribution in [0.15, 0.2) is 16.9 Å². The molecule has 81 valence electrons. The Morgan fingerprint density at radius 2 is 2.20 bits per heavy atom. The summed E-state index contributed by atoms with van der Waals surface area (Å²) in [6.07, 6.45) is 1.40. The molecule has 0 saturated carbocycles. The predicted octanol–water partition coefficient (Wildman–Crippen LogP) is 1.09. The first-order valence-electron chi connectivity index (χ1n) is 4.90. The summed E-state index contributed by atoms with van der Waals surface area (Å²) >= 11 is 0. The summed E-state index contributed by atoms with van der Waals surface area (Å²) in [5.41, 5.74) is 5.22.